The average molecular weight is 375 g/mol. The van der Waals surface area contributed by atoms with E-state index in [0.717, 1.165) is 36.3 Å². The lowest BCUT2D eigenvalue weighted by Gasteiger charge is -2.55. The number of carbonyl (C=O) groups excluding carboxylic acids is 1. The lowest BCUT2D eigenvalue weighted by atomic mass is 9.49. The van der Waals surface area contributed by atoms with Gasteiger partial charge >= 0.3 is 0 Å². The van der Waals surface area contributed by atoms with Crippen molar-refractivity contribution in [2.45, 2.75) is 33.6 Å². The Labute approximate surface area is 158 Å². The van der Waals surface area contributed by atoms with E-state index in [2.05, 4.69) is 40.3 Å². The first kappa shape index (κ1) is 17.7. The van der Waals surface area contributed by atoms with E-state index in [9.17, 15) is 4.79 Å². The van der Waals surface area contributed by atoms with Crippen molar-refractivity contribution in [2.75, 3.05) is 31.2 Å². The van der Waals surface area contributed by atoms with Gasteiger partial charge < -0.3 is 9.64 Å². The summed E-state index contributed by atoms with van der Waals surface area (Å²) in [5.41, 5.74) is 5.06. The first-order chi connectivity index (χ1) is 12.5. The van der Waals surface area contributed by atoms with Gasteiger partial charge in [-0.25, -0.2) is 10.4 Å². The molecular weight excluding hydrogens is 348 g/mol. The van der Waals surface area contributed by atoms with E-state index in [1.54, 1.807) is 0 Å². The van der Waals surface area contributed by atoms with Crippen molar-refractivity contribution in [3.8, 4) is 0 Å². The Kier molecular flexibility index (Phi) is 4.61. The van der Waals surface area contributed by atoms with Gasteiger partial charge in [0.25, 0.3) is 5.91 Å². The highest BCUT2D eigenvalue weighted by Crippen LogP contribution is 2.58. The molecule has 5 rings (SSSR count). The van der Waals surface area contributed by atoms with Crippen LogP contribution in [0, 0.1) is 24.2 Å². The molecule has 1 saturated heterocycles. The molecule has 2 heterocycles. The van der Waals surface area contributed by atoms with Gasteiger partial charge in [-0.05, 0) is 42.6 Å². The van der Waals surface area contributed by atoms with Crippen LogP contribution < -0.4 is 10.3 Å². The van der Waals surface area contributed by atoms with Gasteiger partial charge in [-0.15, -0.1) is 0 Å². The minimum Gasteiger partial charge on any atom is -0.378 e. The van der Waals surface area contributed by atoms with Gasteiger partial charge in [-0.2, -0.15) is 5.10 Å². The number of hydrogen-bond donors (Lipinski definition) is 1. The van der Waals surface area contributed by atoms with E-state index in [0.29, 0.717) is 29.4 Å². The van der Waals surface area contributed by atoms with Crippen molar-refractivity contribution in [1.82, 2.24) is 10.4 Å². The Bertz CT molecular complexity index is 762. The molecule has 7 heteroatoms. The van der Waals surface area contributed by atoms with Crippen molar-refractivity contribution in [3.63, 3.8) is 0 Å². The molecule has 1 N–H and O–H groups in total. The molecule has 1 saturated carbocycles. The SMILES string of the molecule is Cc1nc(N2CCOCC2)sc1C(=O)N/N=C/C1=CCC2CC1C2(C)C. The number of nitrogens with zero attached hydrogens (tertiary/aromatic N) is 3. The smallest absolute Gasteiger partial charge is 0.283 e. The highest BCUT2D eigenvalue weighted by Gasteiger charge is 2.50. The molecular formula is C19H26N4O2S. The number of ether oxygens (including phenoxy) is 1. The van der Waals surface area contributed by atoms with E-state index in [1.165, 1.54) is 23.3 Å². The van der Waals surface area contributed by atoms with Crippen LogP contribution in [0.3, 0.4) is 0 Å². The van der Waals surface area contributed by atoms with Crippen molar-refractivity contribution < 1.29 is 9.53 Å². The summed E-state index contributed by atoms with van der Waals surface area (Å²) in [6.45, 7) is 9.59. The average Bonchev–Trinajstić information content (AvgIpc) is 3.04. The molecule has 1 aromatic heterocycles. The molecule has 1 aliphatic heterocycles. The zero-order valence-corrected chi connectivity index (χ0v) is 16.4. The van der Waals surface area contributed by atoms with Crippen LogP contribution in [-0.2, 0) is 4.74 Å². The number of aromatic nitrogens is 1. The van der Waals surface area contributed by atoms with Gasteiger partial charge in [0.2, 0.25) is 0 Å². The van der Waals surface area contributed by atoms with Gasteiger partial charge in [0.15, 0.2) is 5.13 Å². The molecule has 4 aliphatic rings. The normalized spacial score (nSPS) is 27.2. The molecule has 2 bridgehead atoms. The number of fused-ring (bicyclic) bond motifs is 1. The summed E-state index contributed by atoms with van der Waals surface area (Å²) in [6, 6.07) is 0. The van der Waals surface area contributed by atoms with Crippen LogP contribution in [0.1, 0.15) is 42.1 Å². The standard InChI is InChI=1S/C19H26N4O2S/c1-12-16(26-18(21-12)23-6-8-25-9-7-23)17(24)22-20-11-13-4-5-14-10-15(13)19(14,2)3/h4,11,14-15H,5-10H2,1-3H3,(H,22,24)/b20-11+. The number of allylic oxidation sites excluding steroid dienone is 2. The summed E-state index contributed by atoms with van der Waals surface area (Å²) < 4.78 is 5.37. The van der Waals surface area contributed by atoms with Crippen LogP contribution in [0.4, 0.5) is 5.13 Å². The zero-order valence-electron chi connectivity index (χ0n) is 15.6. The van der Waals surface area contributed by atoms with Crippen molar-refractivity contribution in [2.24, 2.45) is 22.4 Å². The maximum atomic E-state index is 12.5. The van der Waals surface area contributed by atoms with Gasteiger partial charge in [-0.1, -0.05) is 31.3 Å². The molecule has 6 nitrogen and oxygen atoms in total. The maximum Gasteiger partial charge on any atom is 0.283 e. The van der Waals surface area contributed by atoms with Crippen LogP contribution >= 0.6 is 11.3 Å². The molecule has 26 heavy (non-hydrogen) atoms. The first-order valence-electron chi connectivity index (χ1n) is 9.30. The molecule has 1 amide bonds. The Hall–Kier alpha value is -1.73. The van der Waals surface area contributed by atoms with Gasteiger partial charge in [0, 0.05) is 13.1 Å². The number of nitrogens with one attached hydrogen (secondary N) is 1. The minimum atomic E-state index is -0.182. The van der Waals surface area contributed by atoms with Crippen LogP contribution in [0.15, 0.2) is 16.8 Å². The predicted molar refractivity (Wildman–Crippen MR) is 104 cm³/mol. The van der Waals surface area contributed by atoms with Gasteiger partial charge in [0.1, 0.15) is 4.88 Å². The number of hydrogen-bond acceptors (Lipinski definition) is 6. The molecule has 2 unspecified atom stereocenters. The fourth-order valence-corrected chi connectivity index (χ4v) is 5.25. The van der Waals surface area contributed by atoms with Crippen LogP contribution in [-0.4, -0.2) is 43.4 Å². The topological polar surface area (TPSA) is 66.8 Å². The third-order valence-corrected chi connectivity index (χ3v) is 7.38. The quantitative estimate of drug-likeness (QED) is 0.650. The number of hydrazone groups is 1. The number of rotatable bonds is 4. The van der Waals surface area contributed by atoms with E-state index in [4.69, 9.17) is 4.74 Å². The second kappa shape index (κ2) is 6.78. The number of morpholine rings is 1. The monoisotopic (exact) mass is 374 g/mol. The minimum absolute atomic E-state index is 0.182. The van der Waals surface area contributed by atoms with E-state index < -0.39 is 0 Å². The third-order valence-electron chi connectivity index (χ3n) is 6.16. The molecule has 140 valence electrons. The Morgan fingerprint density at radius 3 is 2.92 bits per heavy atom. The Balaban J connectivity index is 1.39. The zero-order chi connectivity index (χ0) is 18.3. The summed E-state index contributed by atoms with van der Waals surface area (Å²) >= 11 is 1.43. The lowest BCUT2D eigenvalue weighted by Crippen LogP contribution is -2.48. The van der Waals surface area contributed by atoms with Crippen LogP contribution in [0.5, 0.6) is 0 Å². The summed E-state index contributed by atoms with van der Waals surface area (Å²) in [5.74, 6) is 1.19. The first-order valence-corrected chi connectivity index (χ1v) is 10.1. The maximum absolute atomic E-state index is 12.5. The fourth-order valence-electron chi connectivity index (χ4n) is 4.24. The molecule has 0 radical (unpaired) electrons. The summed E-state index contributed by atoms with van der Waals surface area (Å²) in [4.78, 5) is 19.9. The summed E-state index contributed by atoms with van der Waals surface area (Å²) in [5, 5.41) is 5.11. The second-order valence-corrected chi connectivity index (χ2v) is 8.93. The largest absolute Gasteiger partial charge is 0.378 e. The van der Waals surface area contributed by atoms with Crippen LogP contribution in [0.25, 0.3) is 0 Å². The van der Waals surface area contributed by atoms with Crippen molar-refractivity contribution in [3.05, 3.63) is 22.2 Å². The Morgan fingerprint density at radius 2 is 2.23 bits per heavy atom. The number of amides is 1. The van der Waals surface area contributed by atoms with Crippen molar-refractivity contribution in [1.29, 1.82) is 0 Å². The lowest BCUT2D eigenvalue weighted by molar-refractivity contribution is -0.00126. The third kappa shape index (κ3) is 3.07. The highest BCUT2D eigenvalue weighted by atomic mass is 32.1. The molecule has 0 aromatic carbocycles. The highest BCUT2D eigenvalue weighted by molar-refractivity contribution is 7.17. The van der Waals surface area contributed by atoms with E-state index in [-0.39, 0.29) is 5.91 Å². The number of aryl methyl sites for hydroxylation is 1. The predicted octanol–water partition coefficient (Wildman–Crippen LogP) is 3.00. The second-order valence-electron chi connectivity index (χ2n) is 7.96. The van der Waals surface area contributed by atoms with Crippen LogP contribution in [0.2, 0.25) is 0 Å². The van der Waals surface area contributed by atoms with Crippen molar-refractivity contribution >= 4 is 28.6 Å². The summed E-state index contributed by atoms with van der Waals surface area (Å²) in [7, 11) is 0. The van der Waals surface area contributed by atoms with Gasteiger partial charge in [0.05, 0.1) is 25.1 Å². The molecule has 2 atom stereocenters. The van der Waals surface area contributed by atoms with Gasteiger partial charge in [-0.3, -0.25) is 4.79 Å². The summed E-state index contributed by atoms with van der Waals surface area (Å²) in [6.07, 6.45) is 6.47. The van der Waals surface area contributed by atoms with E-state index >= 15 is 0 Å². The Morgan fingerprint density at radius 1 is 1.46 bits per heavy atom. The molecule has 3 aliphatic carbocycles. The number of thiazole rings is 1. The molecule has 1 aromatic rings. The number of anilines is 1. The molecule has 0 spiro atoms. The fraction of sp³-hybridized carbons (Fsp3) is 0.632. The van der Waals surface area contributed by atoms with E-state index in [1.807, 2.05) is 13.1 Å². The molecule has 2 fully saturated rings. The number of carbonyl (C=O) groups is 1.